The predicted octanol–water partition coefficient (Wildman–Crippen LogP) is 2.66. The number of methoxy groups -OCH3 is 2. The zero-order chi connectivity index (χ0) is 20.5. The second-order valence-corrected chi connectivity index (χ2v) is 5.97. The van der Waals surface area contributed by atoms with Crippen LogP contribution in [-0.4, -0.2) is 31.7 Å². The van der Waals surface area contributed by atoms with Crippen molar-refractivity contribution in [3.8, 4) is 11.5 Å². The molecule has 0 saturated carbocycles. The fourth-order valence-corrected chi connectivity index (χ4v) is 2.29. The lowest BCUT2D eigenvalue weighted by Gasteiger charge is -2.08. The van der Waals surface area contributed by atoms with Crippen LogP contribution in [0.2, 0.25) is 0 Å². The molecule has 2 amide bonds. The highest BCUT2D eigenvalue weighted by Gasteiger charge is 2.10. The van der Waals surface area contributed by atoms with Gasteiger partial charge in [-0.05, 0) is 36.8 Å². The molecule has 28 heavy (non-hydrogen) atoms. The molecule has 7 nitrogen and oxygen atoms in total. The van der Waals surface area contributed by atoms with E-state index >= 15 is 0 Å². The lowest BCUT2D eigenvalue weighted by Crippen LogP contribution is -2.26. The number of benzene rings is 2. The number of ether oxygens (including phenoxy) is 2. The van der Waals surface area contributed by atoms with E-state index < -0.39 is 5.91 Å². The van der Waals surface area contributed by atoms with E-state index in [0.29, 0.717) is 22.8 Å². The first-order chi connectivity index (χ1) is 13.4. The summed E-state index contributed by atoms with van der Waals surface area (Å²) in [7, 11) is 2.98. The summed E-state index contributed by atoms with van der Waals surface area (Å²) in [6.07, 6.45) is 0.0168. The molecule has 2 aromatic carbocycles. The van der Waals surface area contributed by atoms with Crippen molar-refractivity contribution in [3.63, 3.8) is 0 Å². The third-order valence-electron chi connectivity index (χ3n) is 3.78. The fraction of sp³-hybridized carbons (Fsp3) is 0.250. The Bertz CT molecular complexity index is 844. The molecular formula is C20H22FN3O4. The Hall–Kier alpha value is -3.42. The number of hydrogen-bond donors (Lipinski definition) is 2. The summed E-state index contributed by atoms with van der Waals surface area (Å²) < 4.78 is 23.1. The quantitative estimate of drug-likeness (QED) is 0.538. The van der Waals surface area contributed by atoms with Gasteiger partial charge in [0.1, 0.15) is 17.3 Å². The first kappa shape index (κ1) is 20.9. The van der Waals surface area contributed by atoms with E-state index in [1.807, 2.05) is 0 Å². The van der Waals surface area contributed by atoms with Crippen LogP contribution in [0.3, 0.4) is 0 Å². The van der Waals surface area contributed by atoms with Crippen LogP contribution in [0.25, 0.3) is 0 Å². The number of hydrazone groups is 1. The topological polar surface area (TPSA) is 89.0 Å². The standard InChI is InChI=1S/C20H22FN3O4/c1-13(8-19(25)22-12-14-4-6-16(21)7-5-14)23-24-20(26)15-9-17(27-2)11-18(10-15)28-3/h4-7,9-11H,8,12H2,1-3H3,(H,22,25)(H,24,26)/b23-13+. The molecule has 2 N–H and O–H groups in total. The fourth-order valence-electron chi connectivity index (χ4n) is 2.29. The highest BCUT2D eigenvalue weighted by Crippen LogP contribution is 2.22. The Morgan fingerprint density at radius 3 is 2.21 bits per heavy atom. The molecule has 2 rings (SSSR count). The Morgan fingerprint density at radius 2 is 1.64 bits per heavy atom. The van der Waals surface area contributed by atoms with Crippen LogP contribution >= 0.6 is 0 Å². The SMILES string of the molecule is COc1cc(OC)cc(C(=O)N/N=C(\C)CC(=O)NCc2ccc(F)cc2)c1. The Kier molecular flexibility index (Phi) is 7.50. The van der Waals surface area contributed by atoms with Crippen molar-refractivity contribution >= 4 is 17.5 Å². The predicted molar refractivity (Wildman–Crippen MR) is 103 cm³/mol. The molecule has 0 aliphatic heterocycles. The number of hydrogen-bond acceptors (Lipinski definition) is 5. The molecule has 148 valence electrons. The van der Waals surface area contributed by atoms with Crippen molar-refractivity contribution in [1.82, 2.24) is 10.7 Å². The van der Waals surface area contributed by atoms with Gasteiger partial charge in [0.25, 0.3) is 5.91 Å². The number of nitrogens with zero attached hydrogens (tertiary/aromatic N) is 1. The molecule has 0 bridgehead atoms. The van der Waals surface area contributed by atoms with Gasteiger partial charge in [0.15, 0.2) is 0 Å². The molecule has 0 unspecified atom stereocenters. The van der Waals surface area contributed by atoms with Gasteiger partial charge in [-0.3, -0.25) is 9.59 Å². The number of amides is 2. The van der Waals surface area contributed by atoms with Gasteiger partial charge < -0.3 is 14.8 Å². The monoisotopic (exact) mass is 387 g/mol. The van der Waals surface area contributed by atoms with Gasteiger partial charge in [-0.2, -0.15) is 5.10 Å². The Balaban J connectivity index is 1.88. The van der Waals surface area contributed by atoms with Crippen molar-refractivity contribution < 1.29 is 23.5 Å². The van der Waals surface area contributed by atoms with E-state index in [2.05, 4.69) is 15.8 Å². The summed E-state index contributed by atoms with van der Waals surface area (Å²) in [6.45, 7) is 1.91. The molecule has 0 aromatic heterocycles. The maximum absolute atomic E-state index is 12.9. The van der Waals surface area contributed by atoms with Crippen LogP contribution in [0, 0.1) is 5.82 Å². The molecule has 0 radical (unpaired) electrons. The zero-order valence-corrected chi connectivity index (χ0v) is 15.9. The number of carbonyl (C=O) groups excluding carboxylic acids is 2. The lowest BCUT2D eigenvalue weighted by molar-refractivity contribution is -0.120. The number of rotatable bonds is 8. The van der Waals surface area contributed by atoms with Crippen molar-refractivity contribution in [2.75, 3.05) is 14.2 Å². The van der Waals surface area contributed by atoms with E-state index in [1.165, 1.54) is 26.4 Å². The van der Waals surface area contributed by atoms with E-state index in [9.17, 15) is 14.0 Å². The molecule has 8 heteroatoms. The van der Waals surface area contributed by atoms with Crippen LogP contribution in [0.4, 0.5) is 4.39 Å². The molecule has 0 spiro atoms. The number of halogens is 1. The molecule has 0 aliphatic carbocycles. The lowest BCUT2D eigenvalue weighted by atomic mass is 10.2. The summed E-state index contributed by atoms with van der Waals surface area (Å²) in [5.41, 5.74) is 3.93. The normalized spacial score (nSPS) is 10.9. The summed E-state index contributed by atoms with van der Waals surface area (Å²) in [5, 5.41) is 6.65. The summed E-state index contributed by atoms with van der Waals surface area (Å²) in [6, 6.07) is 10.6. The van der Waals surface area contributed by atoms with Gasteiger partial charge in [0.2, 0.25) is 5.91 Å². The average Bonchev–Trinajstić information content (AvgIpc) is 2.71. The average molecular weight is 387 g/mol. The summed E-state index contributed by atoms with van der Waals surface area (Å²) in [5.74, 6) is -0.0932. The minimum atomic E-state index is -0.455. The van der Waals surface area contributed by atoms with Gasteiger partial charge >= 0.3 is 0 Å². The van der Waals surface area contributed by atoms with Crippen LogP contribution < -0.4 is 20.2 Å². The van der Waals surface area contributed by atoms with Gasteiger partial charge in [-0.25, -0.2) is 9.82 Å². The van der Waals surface area contributed by atoms with Crippen molar-refractivity contribution in [2.45, 2.75) is 19.9 Å². The molecular weight excluding hydrogens is 365 g/mol. The van der Waals surface area contributed by atoms with E-state index in [-0.39, 0.29) is 24.7 Å². The molecule has 0 heterocycles. The van der Waals surface area contributed by atoms with Gasteiger partial charge in [-0.1, -0.05) is 12.1 Å². The largest absolute Gasteiger partial charge is 0.497 e. The number of carbonyl (C=O) groups is 2. The van der Waals surface area contributed by atoms with Crippen molar-refractivity contribution in [2.24, 2.45) is 5.10 Å². The first-order valence-corrected chi connectivity index (χ1v) is 8.49. The first-order valence-electron chi connectivity index (χ1n) is 8.49. The number of nitrogens with one attached hydrogen (secondary N) is 2. The highest BCUT2D eigenvalue weighted by molar-refractivity contribution is 6.01. The smallest absolute Gasteiger partial charge is 0.271 e. The third kappa shape index (κ3) is 6.39. The molecule has 0 aliphatic rings. The molecule has 2 aromatic rings. The van der Waals surface area contributed by atoms with Crippen LogP contribution in [0.1, 0.15) is 29.3 Å². The van der Waals surface area contributed by atoms with Gasteiger partial charge in [0, 0.05) is 23.9 Å². The third-order valence-corrected chi connectivity index (χ3v) is 3.78. The van der Waals surface area contributed by atoms with E-state index in [4.69, 9.17) is 9.47 Å². The second-order valence-electron chi connectivity index (χ2n) is 5.97. The Morgan fingerprint density at radius 1 is 1.04 bits per heavy atom. The van der Waals surface area contributed by atoms with Crippen LogP contribution in [0.5, 0.6) is 11.5 Å². The molecule has 0 fully saturated rings. The minimum Gasteiger partial charge on any atom is -0.497 e. The zero-order valence-electron chi connectivity index (χ0n) is 15.9. The highest BCUT2D eigenvalue weighted by atomic mass is 19.1. The maximum atomic E-state index is 12.9. The van der Waals surface area contributed by atoms with Gasteiger partial charge in [0.05, 0.1) is 20.6 Å². The summed E-state index contributed by atoms with van der Waals surface area (Å²) in [4.78, 5) is 24.2. The molecule has 0 atom stereocenters. The minimum absolute atomic E-state index is 0.0168. The second kappa shape index (κ2) is 10.1. The Labute approximate surface area is 162 Å². The van der Waals surface area contributed by atoms with Crippen molar-refractivity contribution in [1.29, 1.82) is 0 Å². The van der Waals surface area contributed by atoms with E-state index in [0.717, 1.165) is 5.56 Å². The van der Waals surface area contributed by atoms with Gasteiger partial charge in [-0.15, -0.1) is 0 Å². The van der Waals surface area contributed by atoms with Crippen molar-refractivity contribution in [3.05, 3.63) is 59.4 Å². The van der Waals surface area contributed by atoms with Crippen LogP contribution in [-0.2, 0) is 11.3 Å². The summed E-state index contributed by atoms with van der Waals surface area (Å²) >= 11 is 0. The molecule has 0 saturated heterocycles. The maximum Gasteiger partial charge on any atom is 0.271 e. The van der Waals surface area contributed by atoms with E-state index in [1.54, 1.807) is 37.3 Å². The van der Waals surface area contributed by atoms with Crippen LogP contribution in [0.15, 0.2) is 47.6 Å².